The molecule has 0 saturated heterocycles. The summed E-state index contributed by atoms with van der Waals surface area (Å²) in [4.78, 5) is 21.6. The number of aromatic nitrogens is 1. The van der Waals surface area contributed by atoms with E-state index < -0.39 is 5.97 Å². The van der Waals surface area contributed by atoms with Gasteiger partial charge in [-0.2, -0.15) is 0 Å². The smallest absolute Gasteiger partial charge is 0.360 e. The van der Waals surface area contributed by atoms with Crippen LogP contribution in [0.2, 0.25) is 0 Å². The Kier molecular flexibility index (Phi) is 4.30. The highest BCUT2D eigenvalue weighted by Crippen LogP contribution is 2.41. The molecular weight excluding hydrogens is 322 g/mol. The van der Waals surface area contributed by atoms with E-state index in [0.29, 0.717) is 10.4 Å². The van der Waals surface area contributed by atoms with Crippen molar-refractivity contribution in [1.82, 2.24) is 4.98 Å². The number of thiazole rings is 1. The SMILES string of the molecule is Nc1nc(C(=NOC2CC2Sc2ccccc2)C(=O)O)cs1. The number of aliphatic carboxylic acids is 1. The average Bonchev–Trinajstić information content (AvgIpc) is 3.08. The van der Waals surface area contributed by atoms with E-state index in [2.05, 4.69) is 10.1 Å². The van der Waals surface area contributed by atoms with Crippen molar-refractivity contribution < 1.29 is 14.7 Å². The predicted octanol–water partition coefficient (Wildman–Crippen LogP) is 2.46. The van der Waals surface area contributed by atoms with Crippen LogP contribution in [0.15, 0.2) is 45.8 Å². The first-order valence-electron chi connectivity index (χ1n) is 6.53. The van der Waals surface area contributed by atoms with Crippen LogP contribution in [0.25, 0.3) is 0 Å². The van der Waals surface area contributed by atoms with Crippen LogP contribution in [0.1, 0.15) is 12.1 Å². The maximum atomic E-state index is 11.2. The number of thioether (sulfide) groups is 1. The zero-order valence-corrected chi connectivity index (χ0v) is 13.0. The Hall–Kier alpha value is -2.06. The molecule has 1 aliphatic carbocycles. The van der Waals surface area contributed by atoms with Gasteiger partial charge in [0.25, 0.3) is 0 Å². The van der Waals surface area contributed by atoms with E-state index in [0.717, 1.165) is 11.3 Å². The Labute approximate surface area is 135 Å². The van der Waals surface area contributed by atoms with Crippen molar-refractivity contribution in [3.05, 3.63) is 41.4 Å². The summed E-state index contributed by atoms with van der Waals surface area (Å²) in [6, 6.07) is 9.99. The van der Waals surface area contributed by atoms with Gasteiger partial charge < -0.3 is 15.7 Å². The Bertz CT molecular complexity index is 702. The molecule has 0 radical (unpaired) electrons. The van der Waals surface area contributed by atoms with E-state index in [4.69, 9.17) is 10.6 Å². The molecule has 2 aromatic rings. The molecule has 1 heterocycles. The van der Waals surface area contributed by atoms with Gasteiger partial charge in [0.1, 0.15) is 11.8 Å². The maximum Gasteiger partial charge on any atom is 0.360 e. The number of nitrogen functional groups attached to an aromatic ring is 1. The van der Waals surface area contributed by atoms with E-state index >= 15 is 0 Å². The van der Waals surface area contributed by atoms with Crippen molar-refractivity contribution >= 4 is 39.9 Å². The van der Waals surface area contributed by atoms with Crippen LogP contribution >= 0.6 is 23.1 Å². The molecule has 6 nitrogen and oxygen atoms in total. The first-order valence-corrected chi connectivity index (χ1v) is 8.29. The Morgan fingerprint density at radius 2 is 2.23 bits per heavy atom. The van der Waals surface area contributed by atoms with Crippen LogP contribution in [-0.4, -0.2) is 33.1 Å². The summed E-state index contributed by atoms with van der Waals surface area (Å²) in [6.45, 7) is 0. The number of hydrogen-bond acceptors (Lipinski definition) is 7. The number of carboxylic acids is 1. The molecule has 8 heteroatoms. The van der Waals surface area contributed by atoms with Gasteiger partial charge in [-0.1, -0.05) is 23.4 Å². The lowest BCUT2D eigenvalue weighted by Crippen LogP contribution is -2.16. The third-order valence-corrected chi connectivity index (χ3v) is 4.97. The molecule has 1 fully saturated rings. The zero-order valence-electron chi connectivity index (χ0n) is 11.4. The molecule has 114 valence electrons. The number of carboxylic acid groups (broad SMARTS) is 1. The quantitative estimate of drug-likeness (QED) is 0.621. The minimum Gasteiger partial charge on any atom is -0.476 e. The third kappa shape index (κ3) is 3.58. The van der Waals surface area contributed by atoms with E-state index in [9.17, 15) is 9.90 Å². The van der Waals surface area contributed by atoms with Crippen LogP contribution in [0.4, 0.5) is 5.13 Å². The van der Waals surface area contributed by atoms with Crippen molar-refractivity contribution in [2.45, 2.75) is 22.7 Å². The number of nitrogens with zero attached hydrogens (tertiary/aromatic N) is 2. The number of oxime groups is 1. The minimum absolute atomic E-state index is 0.0736. The first kappa shape index (κ1) is 14.9. The van der Waals surface area contributed by atoms with Gasteiger partial charge in [-0.15, -0.1) is 23.1 Å². The van der Waals surface area contributed by atoms with Crippen molar-refractivity contribution in [1.29, 1.82) is 0 Å². The van der Waals surface area contributed by atoms with Gasteiger partial charge >= 0.3 is 5.97 Å². The number of nitrogens with two attached hydrogens (primary N) is 1. The van der Waals surface area contributed by atoms with Gasteiger partial charge in [-0.3, -0.25) is 0 Å². The second-order valence-electron chi connectivity index (χ2n) is 4.66. The normalized spacial score (nSPS) is 20.6. The van der Waals surface area contributed by atoms with Gasteiger partial charge in [0, 0.05) is 16.7 Å². The first-order chi connectivity index (χ1) is 10.6. The number of rotatable bonds is 6. The molecule has 22 heavy (non-hydrogen) atoms. The molecule has 0 spiro atoms. The lowest BCUT2D eigenvalue weighted by Gasteiger charge is -2.01. The summed E-state index contributed by atoms with van der Waals surface area (Å²) >= 11 is 2.87. The number of anilines is 1. The Morgan fingerprint density at radius 3 is 2.86 bits per heavy atom. The molecule has 3 N–H and O–H groups in total. The molecule has 0 aliphatic heterocycles. The van der Waals surface area contributed by atoms with Gasteiger partial charge in [-0.05, 0) is 12.1 Å². The molecule has 3 rings (SSSR count). The second-order valence-corrected chi connectivity index (χ2v) is 6.87. The Morgan fingerprint density at radius 1 is 1.45 bits per heavy atom. The predicted molar refractivity (Wildman–Crippen MR) is 86.3 cm³/mol. The van der Waals surface area contributed by atoms with Crippen molar-refractivity contribution in [2.75, 3.05) is 5.73 Å². The van der Waals surface area contributed by atoms with Crippen LogP contribution < -0.4 is 5.73 Å². The van der Waals surface area contributed by atoms with Gasteiger partial charge in [-0.25, -0.2) is 9.78 Å². The van der Waals surface area contributed by atoms with Crippen LogP contribution in [0.3, 0.4) is 0 Å². The van der Waals surface area contributed by atoms with Gasteiger partial charge in [0.2, 0.25) is 5.71 Å². The fraction of sp³-hybridized carbons (Fsp3) is 0.214. The molecule has 1 aliphatic rings. The van der Waals surface area contributed by atoms with Gasteiger partial charge in [0.15, 0.2) is 5.13 Å². The van der Waals surface area contributed by atoms with Crippen LogP contribution in [-0.2, 0) is 9.63 Å². The number of carbonyl (C=O) groups is 1. The van der Waals surface area contributed by atoms with E-state index in [1.807, 2.05) is 30.3 Å². The summed E-state index contributed by atoms with van der Waals surface area (Å²) < 4.78 is 0. The lowest BCUT2D eigenvalue weighted by molar-refractivity contribution is -0.129. The highest BCUT2D eigenvalue weighted by Gasteiger charge is 2.41. The van der Waals surface area contributed by atoms with Crippen molar-refractivity contribution in [2.24, 2.45) is 5.16 Å². The highest BCUT2D eigenvalue weighted by atomic mass is 32.2. The monoisotopic (exact) mass is 335 g/mol. The van der Waals surface area contributed by atoms with Crippen LogP contribution in [0.5, 0.6) is 0 Å². The van der Waals surface area contributed by atoms with Gasteiger partial charge in [0.05, 0.1) is 5.25 Å². The zero-order chi connectivity index (χ0) is 15.5. The fourth-order valence-corrected chi connectivity index (χ4v) is 3.47. The summed E-state index contributed by atoms with van der Waals surface area (Å²) in [5, 5.41) is 15.1. The fourth-order valence-electron chi connectivity index (χ4n) is 1.77. The van der Waals surface area contributed by atoms with Crippen molar-refractivity contribution in [3.63, 3.8) is 0 Å². The topological polar surface area (TPSA) is 97.8 Å². The average molecular weight is 335 g/mol. The molecule has 0 bridgehead atoms. The van der Waals surface area contributed by atoms with E-state index in [-0.39, 0.29) is 17.5 Å². The molecule has 1 saturated carbocycles. The molecular formula is C14H13N3O3S2. The van der Waals surface area contributed by atoms with E-state index in [1.54, 1.807) is 17.1 Å². The molecule has 1 aromatic carbocycles. The molecule has 2 unspecified atom stereocenters. The third-order valence-electron chi connectivity index (χ3n) is 2.95. The largest absolute Gasteiger partial charge is 0.476 e. The molecule has 0 amide bonds. The minimum atomic E-state index is -1.18. The van der Waals surface area contributed by atoms with Crippen molar-refractivity contribution in [3.8, 4) is 0 Å². The Balaban J connectivity index is 1.60. The second kappa shape index (κ2) is 6.37. The standard InChI is InChI=1S/C14H13N3O3S2/c15-14-16-9(7-21-14)12(13(18)19)17-20-10-6-11(10)22-8-4-2-1-3-5-8/h1-5,7,10-11H,6H2,(H2,15,16)(H,18,19). The number of hydrogen-bond donors (Lipinski definition) is 2. The summed E-state index contributed by atoms with van der Waals surface area (Å²) in [6.07, 6.45) is 0.769. The lowest BCUT2D eigenvalue weighted by atomic mass is 10.3. The van der Waals surface area contributed by atoms with E-state index in [1.165, 1.54) is 11.3 Å². The summed E-state index contributed by atoms with van der Waals surface area (Å²) in [7, 11) is 0. The summed E-state index contributed by atoms with van der Waals surface area (Å²) in [5.74, 6) is -1.18. The molecule has 1 aromatic heterocycles. The summed E-state index contributed by atoms with van der Waals surface area (Å²) in [5.41, 5.74) is 5.51. The maximum absolute atomic E-state index is 11.2. The highest BCUT2D eigenvalue weighted by molar-refractivity contribution is 8.00. The number of benzene rings is 1. The molecule has 2 atom stereocenters. The van der Waals surface area contributed by atoms with Crippen LogP contribution in [0, 0.1) is 0 Å².